The number of hydrogen-bond donors (Lipinski definition) is 2. The zero-order chi connectivity index (χ0) is 21.1. The molecule has 0 bridgehead atoms. The number of ether oxygens (including phenoxy) is 1. The highest BCUT2D eigenvalue weighted by molar-refractivity contribution is 5.95. The Labute approximate surface area is 163 Å². The Morgan fingerprint density at radius 1 is 1.21 bits per heavy atom. The summed E-state index contributed by atoms with van der Waals surface area (Å²) in [6.07, 6.45) is -5.84. The summed E-state index contributed by atoms with van der Waals surface area (Å²) < 4.78 is 33.4. The first-order chi connectivity index (χ1) is 13.9. The highest BCUT2D eigenvalue weighted by atomic mass is 19.1. The minimum atomic E-state index is -2.09. The van der Waals surface area contributed by atoms with Crippen LogP contribution in [0.15, 0.2) is 46.1 Å². The van der Waals surface area contributed by atoms with Gasteiger partial charge in [0.1, 0.15) is 12.2 Å². The van der Waals surface area contributed by atoms with Crippen LogP contribution in [0.4, 0.5) is 8.78 Å². The molecule has 1 aromatic heterocycles. The van der Waals surface area contributed by atoms with Crippen LogP contribution < -0.4 is 11.2 Å². The molecular formula is C19H20F2N2O6. The van der Waals surface area contributed by atoms with Crippen molar-refractivity contribution in [2.45, 2.75) is 37.4 Å². The van der Waals surface area contributed by atoms with Crippen molar-refractivity contribution in [2.24, 2.45) is 0 Å². The summed E-state index contributed by atoms with van der Waals surface area (Å²) in [6.45, 7) is -1.42. The second-order valence-electron chi connectivity index (χ2n) is 6.63. The number of aliphatic hydroxyl groups excluding tert-OH is 2. The number of rotatable bonds is 6. The summed E-state index contributed by atoms with van der Waals surface area (Å²) in [6, 6.07) is 7.55. The Morgan fingerprint density at radius 3 is 2.48 bits per heavy atom. The Kier molecular flexibility index (Phi) is 6.36. The molecule has 0 aliphatic carbocycles. The van der Waals surface area contributed by atoms with Gasteiger partial charge in [0.05, 0.1) is 13.3 Å². The predicted molar refractivity (Wildman–Crippen MR) is 97.3 cm³/mol. The van der Waals surface area contributed by atoms with E-state index in [0.29, 0.717) is 9.13 Å². The number of aryl methyl sites for hydroxylation is 1. The maximum atomic E-state index is 14.5. The van der Waals surface area contributed by atoms with Crippen LogP contribution in [-0.2, 0) is 11.2 Å². The fraction of sp³-hybridized carbons (Fsp3) is 0.421. The Morgan fingerprint density at radius 2 is 1.90 bits per heavy atom. The first-order valence-electron chi connectivity index (χ1n) is 9.02. The van der Waals surface area contributed by atoms with Gasteiger partial charge in [-0.25, -0.2) is 9.18 Å². The molecule has 0 spiro atoms. The van der Waals surface area contributed by atoms with Crippen molar-refractivity contribution in [1.29, 1.82) is 0 Å². The SMILES string of the molecule is O=C(c1ccccc1)n1c(=O)c(CCCF)cn([C@@H]2O[C@H](CO)[C@@H](O)[C@@H]2F)c1=O. The van der Waals surface area contributed by atoms with Crippen molar-refractivity contribution < 1.29 is 28.5 Å². The van der Waals surface area contributed by atoms with Crippen LogP contribution in [0.3, 0.4) is 0 Å². The Bertz CT molecular complexity index is 990. The average molecular weight is 410 g/mol. The summed E-state index contributed by atoms with van der Waals surface area (Å²) in [5, 5.41) is 19.0. The van der Waals surface area contributed by atoms with Crippen LogP contribution in [0.1, 0.15) is 28.6 Å². The molecule has 2 N–H and O–H groups in total. The molecule has 4 atom stereocenters. The van der Waals surface area contributed by atoms with Gasteiger partial charge in [-0.15, -0.1) is 0 Å². The number of carbonyl (C=O) groups excluding carboxylic acids is 1. The topological polar surface area (TPSA) is 111 Å². The number of alkyl halides is 2. The van der Waals surface area contributed by atoms with E-state index in [-0.39, 0.29) is 24.0 Å². The smallest absolute Gasteiger partial charge is 0.340 e. The molecule has 1 aliphatic rings. The van der Waals surface area contributed by atoms with E-state index in [2.05, 4.69) is 0 Å². The normalized spacial score (nSPS) is 24.0. The highest BCUT2D eigenvalue weighted by Crippen LogP contribution is 2.30. The molecule has 0 saturated carbocycles. The number of aliphatic hydroxyl groups is 2. The first-order valence-corrected chi connectivity index (χ1v) is 9.02. The molecule has 1 aromatic carbocycles. The summed E-state index contributed by atoms with van der Waals surface area (Å²) in [4.78, 5) is 38.4. The molecule has 1 saturated heterocycles. The molecule has 8 nitrogen and oxygen atoms in total. The van der Waals surface area contributed by atoms with Crippen molar-refractivity contribution in [3.63, 3.8) is 0 Å². The molecule has 156 valence electrons. The predicted octanol–water partition coefficient (Wildman–Crippen LogP) is 0.189. The molecule has 10 heteroatoms. The van der Waals surface area contributed by atoms with E-state index >= 15 is 0 Å². The minimum Gasteiger partial charge on any atom is -0.394 e. The van der Waals surface area contributed by atoms with Crippen molar-refractivity contribution in [1.82, 2.24) is 9.13 Å². The molecule has 2 aromatic rings. The van der Waals surface area contributed by atoms with E-state index in [1.54, 1.807) is 18.2 Å². The van der Waals surface area contributed by atoms with Crippen LogP contribution in [0, 0.1) is 0 Å². The second-order valence-corrected chi connectivity index (χ2v) is 6.63. The van der Waals surface area contributed by atoms with Gasteiger partial charge >= 0.3 is 5.69 Å². The van der Waals surface area contributed by atoms with Crippen LogP contribution in [0.2, 0.25) is 0 Å². The van der Waals surface area contributed by atoms with Crippen LogP contribution in [-0.4, -0.2) is 56.9 Å². The van der Waals surface area contributed by atoms with Gasteiger partial charge in [-0.2, -0.15) is 4.57 Å². The number of aromatic nitrogens is 2. The first kappa shape index (κ1) is 21.0. The largest absolute Gasteiger partial charge is 0.394 e. The van der Waals surface area contributed by atoms with Gasteiger partial charge in [0.15, 0.2) is 12.4 Å². The zero-order valence-corrected chi connectivity index (χ0v) is 15.3. The van der Waals surface area contributed by atoms with E-state index in [1.807, 2.05) is 0 Å². The van der Waals surface area contributed by atoms with E-state index in [1.165, 1.54) is 12.1 Å². The van der Waals surface area contributed by atoms with Gasteiger partial charge in [-0.05, 0) is 25.0 Å². The van der Waals surface area contributed by atoms with Crippen LogP contribution in [0.25, 0.3) is 0 Å². The molecule has 1 aliphatic heterocycles. The summed E-state index contributed by atoms with van der Waals surface area (Å²) >= 11 is 0. The summed E-state index contributed by atoms with van der Waals surface area (Å²) in [5.74, 6) is -0.927. The number of hydrogen-bond acceptors (Lipinski definition) is 6. The number of nitrogens with zero attached hydrogens (tertiary/aromatic N) is 2. The second kappa shape index (κ2) is 8.76. The summed E-state index contributed by atoms with van der Waals surface area (Å²) in [7, 11) is 0. The molecule has 29 heavy (non-hydrogen) atoms. The van der Waals surface area contributed by atoms with E-state index in [9.17, 15) is 33.4 Å². The quantitative estimate of drug-likeness (QED) is 0.704. The lowest BCUT2D eigenvalue weighted by Gasteiger charge is -2.19. The Balaban J connectivity index is 2.16. The van der Waals surface area contributed by atoms with Gasteiger partial charge in [0.2, 0.25) is 0 Å². The molecule has 0 unspecified atom stereocenters. The van der Waals surface area contributed by atoms with E-state index in [4.69, 9.17) is 4.74 Å². The standard InChI is InChI=1S/C19H20F2N2O6/c20-8-4-7-12-9-22(18-14(21)15(25)13(10-24)29-18)19(28)23(17(12)27)16(26)11-5-2-1-3-6-11/h1-3,5-6,9,13-15,18,24-25H,4,7-8,10H2/t13-,14+,15-,18-/m1/s1. The highest BCUT2D eigenvalue weighted by Gasteiger charge is 2.45. The number of carbonyl (C=O) groups is 1. The summed E-state index contributed by atoms with van der Waals surface area (Å²) in [5.41, 5.74) is -2.12. The van der Waals surface area contributed by atoms with Crippen molar-refractivity contribution in [2.75, 3.05) is 13.3 Å². The fourth-order valence-corrected chi connectivity index (χ4v) is 3.20. The van der Waals surface area contributed by atoms with Crippen molar-refractivity contribution >= 4 is 5.91 Å². The van der Waals surface area contributed by atoms with Crippen LogP contribution >= 0.6 is 0 Å². The third-order valence-corrected chi connectivity index (χ3v) is 4.74. The van der Waals surface area contributed by atoms with Gasteiger partial charge < -0.3 is 14.9 Å². The van der Waals surface area contributed by atoms with Crippen molar-refractivity contribution in [3.05, 3.63) is 68.5 Å². The van der Waals surface area contributed by atoms with Crippen molar-refractivity contribution in [3.8, 4) is 0 Å². The van der Waals surface area contributed by atoms with Gasteiger partial charge in [-0.1, -0.05) is 18.2 Å². The Hall–Kier alpha value is -2.69. The number of halogens is 2. The van der Waals surface area contributed by atoms with Gasteiger partial charge in [0.25, 0.3) is 11.5 Å². The third-order valence-electron chi connectivity index (χ3n) is 4.74. The average Bonchev–Trinajstić information content (AvgIpc) is 3.02. The number of benzene rings is 1. The van der Waals surface area contributed by atoms with Gasteiger partial charge in [0, 0.05) is 17.3 Å². The monoisotopic (exact) mass is 410 g/mol. The molecular weight excluding hydrogens is 390 g/mol. The minimum absolute atomic E-state index is 0.0422. The fourth-order valence-electron chi connectivity index (χ4n) is 3.20. The van der Waals surface area contributed by atoms with E-state index < -0.39 is 55.0 Å². The molecule has 1 fully saturated rings. The lowest BCUT2D eigenvalue weighted by atomic mass is 10.1. The zero-order valence-electron chi connectivity index (χ0n) is 15.3. The molecule has 3 rings (SSSR count). The maximum Gasteiger partial charge on any atom is 0.340 e. The van der Waals surface area contributed by atoms with Gasteiger partial charge in [-0.3, -0.25) is 18.5 Å². The lowest BCUT2D eigenvalue weighted by molar-refractivity contribution is -0.0495. The molecule has 2 heterocycles. The third kappa shape index (κ3) is 3.91. The van der Waals surface area contributed by atoms with Crippen LogP contribution in [0.5, 0.6) is 0 Å². The maximum absolute atomic E-state index is 14.5. The molecule has 0 amide bonds. The molecule has 0 radical (unpaired) electrons. The van der Waals surface area contributed by atoms with E-state index in [0.717, 1.165) is 6.20 Å². The lowest BCUT2D eigenvalue weighted by Crippen LogP contribution is -2.47.